The molecular weight excluding hydrogens is 236 g/mol. The Kier molecular flexibility index (Phi) is 4.66. The van der Waals surface area contributed by atoms with Gasteiger partial charge in [-0.15, -0.1) is 0 Å². The first-order valence-electron chi connectivity index (χ1n) is 6.40. The minimum Gasteiger partial charge on any atom is -0.380 e. The van der Waals surface area contributed by atoms with E-state index in [0.717, 1.165) is 13.0 Å². The normalized spacial score (nSPS) is 20.1. The van der Waals surface area contributed by atoms with E-state index in [9.17, 15) is 8.78 Å². The van der Waals surface area contributed by atoms with Crippen LogP contribution in [-0.2, 0) is 17.8 Å². The topological polar surface area (TPSA) is 21.3 Å². The molecule has 0 saturated carbocycles. The van der Waals surface area contributed by atoms with Gasteiger partial charge in [-0.3, -0.25) is 0 Å². The van der Waals surface area contributed by atoms with Gasteiger partial charge >= 0.3 is 0 Å². The van der Waals surface area contributed by atoms with E-state index in [-0.39, 0.29) is 12.2 Å². The van der Waals surface area contributed by atoms with E-state index in [2.05, 4.69) is 5.32 Å². The van der Waals surface area contributed by atoms with Crippen molar-refractivity contribution in [2.45, 2.75) is 38.3 Å². The molecule has 1 N–H and O–H groups in total. The lowest BCUT2D eigenvalue weighted by Crippen LogP contribution is -2.35. The molecule has 2 rings (SSSR count). The molecule has 4 heteroatoms. The number of nitrogens with one attached hydrogen (secondary N) is 1. The molecule has 1 aliphatic heterocycles. The second-order valence-electron chi connectivity index (χ2n) is 4.78. The molecule has 100 valence electrons. The maximum atomic E-state index is 14.1. The zero-order valence-electron chi connectivity index (χ0n) is 10.6. The highest BCUT2D eigenvalue weighted by molar-refractivity contribution is 5.28. The van der Waals surface area contributed by atoms with Crippen molar-refractivity contribution < 1.29 is 13.5 Å². The van der Waals surface area contributed by atoms with Gasteiger partial charge in [0.05, 0.1) is 6.61 Å². The largest absolute Gasteiger partial charge is 0.380 e. The number of hydrogen-bond acceptors (Lipinski definition) is 2. The first kappa shape index (κ1) is 13.4. The van der Waals surface area contributed by atoms with Crippen LogP contribution in [-0.4, -0.2) is 19.7 Å². The van der Waals surface area contributed by atoms with E-state index in [1.165, 1.54) is 26.0 Å². The molecule has 1 aliphatic rings. The number of hydrogen-bond donors (Lipinski definition) is 1. The van der Waals surface area contributed by atoms with Gasteiger partial charge in [-0.05, 0) is 37.4 Å². The average Bonchev–Trinajstić information content (AvgIpc) is 2.39. The Morgan fingerprint density at radius 1 is 1.33 bits per heavy atom. The Labute approximate surface area is 106 Å². The highest BCUT2D eigenvalue weighted by atomic mass is 19.1. The smallest absolute Gasteiger partial charge is 0.134 e. The Morgan fingerprint density at radius 3 is 2.83 bits per heavy atom. The van der Waals surface area contributed by atoms with Crippen LogP contribution < -0.4 is 5.32 Å². The van der Waals surface area contributed by atoms with Gasteiger partial charge in [-0.1, -0.05) is 12.5 Å². The monoisotopic (exact) mass is 255 g/mol. The molecule has 0 aromatic heterocycles. The lowest BCUT2D eigenvalue weighted by atomic mass is 9.96. The Balaban J connectivity index is 2.14. The molecule has 0 amide bonds. The minimum atomic E-state index is -0.533. The maximum Gasteiger partial charge on any atom is 0.134 e. The fraction of sp³-hybridized carbons (Fsp3) is 0.571. The van der Waals surface area contributed by atoms with Crippen molar-refractivity contribution in [1.29, 1.82) is 0 Å². The van der Waals surface area contributed by atoms with Gasteiger partial charge in [0.15, 0.2) is 0 Å². The van der Waals surface area contributed by atoms with Crippen LogP contribution in [0.1, 0.15) is 30.4 Å². The van der Waals surface area contributed by atoms with Crippen molar-refractivity contribution in [3.8, 4) is 0 Å². The molecule has 1 saturated heterocycles. The third kappa shape index (κ3) is 3.06. The van der Waals surface area contributed by atoms with E-state index in [1.54, 1.807) is 6.07 Å². The van der Waals surface area contributed by atoms with Gasteiger partial charge in [0.25, 0.3) is 0 Å². The number of piperidine rings is 1. The Hall–Kier alpha value is -1.00. The fourth-order valence-corrected chi connectivity index (χ4v) is 2.44. The van der Waals surface area contributed by atoms with Crippen LogP contribution in [0, 0.1) is 11.6 Å². The zero-order valence-corrected chi connectivity index (χ0v) is 10.6. The highest BCUT2D eigenvalue weighted by Gasteiger charge is 2.18. The summed E-state index contributed by atoms with van der Waals surface area (Å²) in [7, 11) is 1.44. The molecule has 1 fully saturated rings. The van der Waals surface area contributed by atoms with Gasteiger partial charge in [0.2, 0.25) is 0 Å². The molecular formula is C14H19F2NO. The van der Waals surface area contributed by atoms with Gasteiger partial charge < -0.3 is 10.1 Å². The Bertz CT molecular complexity index is 403. The molecule has 1 aromatic carbocycles. The summed E-state index contributed by atoms with van der Waals surface area (Å²) in [6.45, 7) is 0.960. The lowest BCUT2D eigenvalue weighted by molar-refractivity contribution is 0.177. The second-order valence-corrected chi connectivity index (χ2v) is 4.78. The Morgan fingerprint density at radius 2 is 2.17 bits per heavy atom. The predicted octanol–water partition coefficient (Wildman–Crippen LogP) is 2.80. The fourth-order valence-electron chi connectivity index (χ4n) is 2.44. The molecule has 1 aromatic rings. The van der Waals surface area contributed by atoms with Gasteiger partial charge in [-0.2, -0.15) is 0 Å². The van der Waals surface area contributed by atoms with Gasteiger partial charge in [0.1, 0.15) is 11.6 Å². The number of ether oxygens (including phenoxy) is 1. The van der Waals surface area contributed by atoms with Crippen LogP contribution in [0.25, 0.3) is 0 Å². The first-order chi connectivity index (χ1) is 8.72. The number of halogens is 2. The minimum absolute atomic E-state index is 0.0242. The lowest BCUT2D eigenvalue weighted by Gasteiger charge is -2.24. The van der Waals surface area contributed by atoms with Crippen molar-refractivity contribution >= 4 is 0 Å². The van der Waals surface area contributed by atoms with Crippen molar-refractivity contribution in [1.82, 2.24) is 5.32 Å². The molecule has 0 radical (unpaired) electrons. The summed E-state index contributed by atoms with van der Waals surface area (Å²) >= 11 is 0. The first-order valence-corrected chi connectivity index (χ1v) is 6.40. The molecule has 2 nitrogen and oxygen atoms in total. The van der Waals surface area contributed by atoms with Crippen molar-refractivity contribution in [2.75, 3.05) is 13.7 Å². The third-order valence-electron chi connectivity index (χ3n) is 3.43. The summed E-state index contributed by atoms with van der Waals surface area (Å²) in [4.78, 5) is 0. The summed E-state index contributed by atoms with van der Waals surface area (Å²) < 4.78 is 32.4. The summed E-state index contributed by atoms with van der Waals surface area (Å²) in [6, 6.07) is 3.17. The predicted molar refractivity (Wildman–Crippen MR) is 66.4 cm³/mol. The SMILES string of the molecule is COCc1c(F)ccc(CC2CCCCN2)c1F. The van der Waals surface area contributed by atoms with Crippen molar-refractivity contribution in [3.63, 3.8) is 0 Å². The molecule has 1 unspecified atom stereocenters. The summed E-state index contributed by atoms with van der Waals surface area (Å²) in [5.74, 6) is -0.987. The van der Waals surface area contributed by atoms with E-state index in [1.807, 2.05) is 0 Å². The molecule has 0 aliphatic carbocycles. The average molecular weight is 255 g/mol. The standard InChI is InChI=1S/C14H19F2NO/c1-18-9-12-13(15)6-5-10(14(12)16)8-11-4-2-3-7-17-11/h5-6,11,17H,2-4,7-9H2,1H3. The van der Waals surface area contributed by atoms with Crippen LogP contribution in [0.15, 0.2) is 12.1 Å². The molecule has 0 spiro atoms. The highest BCUT2D eigenvalue weighted by Crippen LogP contribution is 2.21. The summed E-state index contributed by atoms with van der Waals surface area (Å²) in [5, 5.41) is 3.37. The number of benzene rings is 1. The maximum absolute atomic E-state index is 14.1. The molecule has 0 bridgehead atoms. The van der Waals surface area contributed by atoms with Crippen LogP contribution in [0.3, 0.4) is 0 Å². The number of rotatable bonds is 4. The third-order valence-corrected chi connectivity index (χ3v) is 3.43. The van der Waals surface area contributed by atoms with Crippen LogP contribution in [0.4, 0.5) is 8.78 Å². The van der Waals surface area contributed by atoms with Crippen molar-refractivity contribution in [3.05, 3.63) is 34.9 Å². The molecule has 1 heterocycles. The quantitative estimate of drug-likeness (QED) is 0.893. The van der Waals surface area contributed by atoms with E-state index < -0.39 is 11.6 Å². The van der Waals surface area contributed by atoms with Gasteiger partial charge in [-0.25, -0.2) is 8.78 Å². The summed E-state index contributed by atoms with van der Waals surface area (Å²) in [5.41, 5.74) is 0.605. The zero-order chi connectivity index (χ0) is 13.0. The van der Waals surface area contributed by atoms with Crippen LogP contribution in [0.5, 0.6) is 0 Å². The molecule has 18 heavy (non-hydrogen) atoms. The van der Waals surface area contributed by atoms with Crippen LogP contribution >= 0.6 is 0 Å². The second kappa shape index (κ2) is 6.25. The summed E-state index contributed by atoms with van der Waals surface area (Å²) in [6.07, 6.45) is 4.02. The van der Waals surface area contributed by atoms with Crippen LogP contribution in [0.2, 0.25) is 0 Å². The number of methoxy groups -OCH3 is 1. The molecule has 1 atom stereocenters. The van der Waals surface area contributed by atoms with E-state index >= 15 is 0 Å². The van der Waals surface area contributed by atoms with E-state index in [0.29, 0.717) is 18.0 Å². The van der Waals surface area contributed by atoms with Gasteiger partial charge in [0, 0.05) is 18.7 Å². The van der Waals surface area contributed by atoms with E-state index in [4.69, 9.17) is 4.74 Å². The van der Waals surface area contributed by atoms with Crippen molar-refractivity contribution in [2.24, 2.45) is 0 Å².